The zero-order valence-electron chi connectivity index (χ0n) is 10.5. The van der Waals surface area contributed by atoms with E-state index < -0.39 is 0 Å². The highest BCUT2D eigenvalue weighted by molar-refractivity contribution is 9.10. The van der Waals surface area contributed by atoms with Crippen molar-refractivity contribution in [2.45, 2.75) is 19.4 Å². The summed E-state index contributed by atoms with van der Waals surface area (Å²) < 4.78 is 14.0. The van der Waals surface area contributed by atoms with Crippen LogP contribution in [0.3, 0.4) is 0 Å². The Hall–Kier alpha value is -0.900. The molecule has 100 valence electrons. The Morgan fingerprint density at radius 2 is 2.05 bits per heavy atom. The first-order valence-corrected chi connectivity index (χ1v) is 7.10. The first-order chi connectivity index (χ1) is 8.97. The molecule has 2 N–H and O–H groups in total. The van der Waals surface area contributed by atoms with Crippen molar-refractivity contribution >= 4 is 27.5 Å². The van der Waals surface area contributed by atoms with Crippen LogP contribution < -0.4 is 5.73 Å². The second-order valence-corrected chi connectivity index (χ2v) is 5.86. The standard InChI is InChI=1S/C15H14BrClFN/c1-9-3-2-4-13(15(9)17)14(19)7-10-5-11(16)8-12(18)6-10/h2-6,8,14H,7,19H2,1H3. The van der Waals surface area contributed by atoms with Crippen LogP contribution in [0.4, 0.5) is 4.39 Å². The van der Waals surface area contributed by atoms with Crippen molar-refractivity contribution < 1.29 is 4.39 Å². The fourth-order valence-electron chi connectivity index (χ4n) is 2.05. The largest absolute Gasteiger partial charge is 0.324 e. The summed E-state index contributed by atoms with van der Waals surface area (Å²) in [5.74, 6) is -0.271. The number of hydrogen-bond acceptors (Lipinski definition) is 1. The lowest BCUT2D eigenvalue weighted by atomic mass is 9.98. The maximum Gasteiger partial charge on any atom is 0.124 e. The zero-order valence-corrected chi connectivity index (χ0v) is 12.8. The Morgan fingerprint density at radius 3 is 2.74 bits per heavy atom. The number of benzene rings is 2. The van der Waals surface area contributed by atoms with E-state index in [4.69, 9.17) is 17.3 Å². The van der Waals surface area contributed by atoms with Gasteiger partial charge in [-0.2, -0.15) is 0 Å². The van der Waals surface area contributed by atoms with Gasteiger partial charge >= 0.3 is 0 Å². The molecule has 19 heavy (non-hydrogen) atoms. The summed E-state index contributed by atoms with van der Waals surface area (Å²) in [6, 6.07) is 10.3. The minimum Gasteiger partial charge on any atom is -0.324 e. The Labute approximate surface area is 125 Å². The molecule has 0 saturated heterocycles. The molecule has 0 fully saturated rings. The summed E-state index contributed by atoms with van der Waals surface area (Å²) in [5, 5.41) is 0.686. The molecule has 0 bridgehead atoms. The van der Waals surface area contributed by atoms with Crippen molar-refractivity contribution in [3.63, 3.8) is 0 Å². The number of rotatable bonds is 3. The van der Waals surface area contributed by atoms with Crippen molar-refractivity contribution in [3.05, 3.63) is 68.4 Å². The third-order valence-electron chi connectivity index (χ3n) is 3.00. The van der Waals surface area contributed by atoms with Gasteiger partial charge in [-0.15, -0.1) is 0 Å². The molecule has 4 heteroatoms. The zero-order chi connectivity index (χ0) is 14.0. The SMILES string of the molecule is Cc1cccc(C(N)Cc2cc(F)cc(Br)c2)c1Cl. The third-order valence-corrected chi connectivity index (χ3v) is 3.97. The summed E-state index contributed by atoms with van der Waals surface area (Å²) in [6.45, 7) is 1.94. The predicted octanol–water partition coefficient (Wildman–Crippen LogP) is 4.79. The summed E-state index contributed by atoms with van der Waals surface area (Å²) in [5.41, 5.74) is 8.91. The molecule has 0 radical (unpaired) electrons. The normalized spacial score (nSPS) is 12.5. The van der Waals surface area contributed by atoms with Gasteiger partial charge in [-0.3, -0.25) is 0 Å². The van der Waals surface area contributed by atoms with Gasteiger partial charge in [0, 0.05) is 15.5 Å². The van der Waals surface area contributed by atoms with E-state index in [-0.39, 0.29) is 11.9 Å². The Morgan fingerprint density at radius 1 is 1.32 bits per heavy atom. The van der Waals surface area contributed by atoms with E-state index in [1.165, 1.54) is 12.1 Å². The number of halogens is 3. The minimum atomic E-state index is -0.271. The van der Waals surface area contributed by atoms with E-state index in [0.717, 1.165) is 16.7 Å². The van der Waals surface area contributed by atoms with Crippen LogP contribution in [0.2, 0.25) is 5.02 Å². The highest BCUT2D eigenvalue weighted by atomic mass is 79.9. The van der Waals surface area contributed by atoms with Gasteiger partial charge in [0.2, 0.25) is 0 Å². The lowest BCUT2D eigenvalue weighted by Gasteiger charge is -2.15. The summed E-state index contributed by atoms with van der Waals surface area (Å²) in [4.78, 5) is 0. The lowest BCUT2D eigenvalue weighted by molar-refractivity contribution is 0.621. The Kier molecular flexibility index (Phi) is 4.61. The molecular formula is C15H14BrClFN. The van der Waals surface area contributed by atoms with E-state index >= 15 is 0 Å². The van der Waals surface area contributed by atoms with Gasteiger partial charge in [0.1, 0.15) is 5.82 Å². The molecule has 0 aromatic heterocycles. The van der Waals surface area contributed by atoms with Crippen LogP contribution in [0.5, 0.6) is 0 Å². The Bertz CT molecular complexity index is 580. The van der Waals surface area contributed by atoms with Crippen molar-refractivity contribution in [2.75, 3.05) is 0 Å². The number of hydrogen-bond donors (Lipinski definition) is 1. The molecule has 1 atom stereocenters. The van der Waals surface area contributed by atoms with Crippen LogP contribution >= 0.6 is 27.5 Å². The quantitative estimate of drug-likeness (QED) is 0.852. The summed E-state index contributed by atoms with van der Waals surface area (Å²) in [7, 11) is 0. The predicted molar refractivity (Wildman–Crippen MR) is 80.9 cm³/mol. The van der Waals surface area contributed by atoms with Gasteiger partial charge in [-0.1, -0.05) is 45.7 Å². The molecule has 0 saturated carbocycles. The van der Waals surface area contributed by atoms with E-state index in [1.807, 2.05) is 31.2 Å². The minimum absolute atomic E-state index is 0.249. The second kappa shape index (κ2) is 6.04. The van der Waals surface area contributed by atoms with Gasteiger partial charge in [0.15, 0.2) is 0 Å². The van der Waals surface area contributed by atoms with Crippen LogP contribution in [0.15, 0.2) is 40.9 Å². The monoisotopic (exact) mass is 341 g/mol. The van der Waals surface area contributed by atoms with Crippen LogP contribution in [0.25, 0.3) is 0 Å². The van der Waals surface area contributed by atoms with E-state index in [2.05, 4.69) is 15.9 Å². The number of aryl methyl sites for hydroxylation is 1. The van der Waals surface area contributed by atoms with Gasteiger partial charge in [-0.25, -0.2) is 4.39 Å². The molecule has 0 heterocycles. The fourth-order valence-corrected chi connectivity index (χ4v) is 2.83. The van der Waals surface area contributed by atoms with Crippen LogP contribution in [-0.2, 0) is 6.42 Å². The molecule has 1 unspecified atom stereocenters. The van der Waals surface area contributed by atoms with Crippen molar-refractivity contribution in [3.8, 4) is 0 Å². The summed E-state index contributed by atoms with van der Waals surface area (Å²) >= 11 is 9.53. The van der Waals surface area contributed by atoms with Crippen LogP contribution in [-0.4, -0.2) is 0 Å². The Balaban J connectivity index is 2.25. The fraction of sp³-hybridized carbons (Fsp3) is 0.200. The molecule has 1 nitrogen and oxygen atoms in total. The molecule has 2 aromatic carbocycles. The molecule has 0 aliphatic heterocycles. The highest BCUT2D eigenvalue weighted by Gasteiger charge is 2.13. The molecule has 2 aromatic rings. The lowest BCUT2D eigenvalue weighted by Crippen LogP contribution is -2.14. The average molecular weight is 343 g/mol. The van der Waals surface area contributed by atoms with Gasteiger partial charge in [-0.05, 0) is 48.2 Å². The van der Waals surface area contributed by atoms with Crippen LogP contribution in [0, 0.1) is 12.7 Å². The van der Waals surface area contributed by atoms with E-state index in [0.29, 0.717) is 15.9 Å². The molecule has 0 aliphatic rings. The molecule has 0 spiro atoms. The van der Waals surface area contributed by atoms with Gasteiger partial charge in [0.25, 0.3) is 0 Å². The summed E-state index contributed by atoms with van der Waals surface area (Å²) in [6.07, 6.45) is 0.541. The maximum absolute atomic E-state index is 13.3. The third kappa shape index (κ3) is 3.56. The van der Waals surface area contributed by atoms with E-state index in [1.54, 1.807) is 0 Å². The molecule has 0 amide bonds. The van der Waals surface area contributed by atoms with Crippen molar-refractivity contribution in [1.82, 2.24) is 0 Å². The van der Waals surface area contributed by atoms with Gasteiger partial charge < -0.3 is 5.73 Å². The molecular weight excluding hydrogens is 329 g/mol. The smallest absolute Gasteiger partial charge is 0.124 e. The number of nitrogens with two attached hydrogens (primary N) is 1. The van der Waals surface area contributed by atoms with Gasteiger partial charge in [0.05, 0.1) is 0 Å². The van der Waals surface area contributed by atoms with E-state index in [9.17, 15) is 4.39 Å². The molecule has 2 rings (SSSR count). The van der Waals surface area contributed by atoms with Crippen molar-refractivity contribution in [2.24, 2.45) is 5.73 Å². The average Bonchev–Trinajstić information content (AvgIpc) is 2.31. The highest BCUT2D eigenvalue weighted by Crippen LogP contribution is 2.27. The van der Waals surface area contributed by atoms with Crippen molar-refractivity contribution in [1.29, 1.82) is 0 Å². The first-order valence-electron chi connectivity index (χ1n) is 5.93. The first kappa shape index (κ1) is 14.5. The topological polar surface area (TPSA) is 26.0 Å². The van der Waals surface area contributed by atoms with Crippen LogP contribution in [0.1, 0.15) is 22.7 Å². The molecule has 0 aliphatic carbocycles. The maximum atomic E-state index is 13.3. The second-order valence-electron chi connectivity index (χ2n) is 4.57.